The van der Waals surface area contributed by atoms with Gasteiger partial charge in [-0.25, -0.2) is 0 Å². The molecular weight excluding hydrogens is 228 g/mol. The molecule has 17 heavy (non-hydrogen) atoms. The van der Waals surface area contributed by atoms with Crippen LogP contribution in [0.1, 0.15) is 12.8 Å². The van der Waals surface area contributed by atoms with Crippen LogP contribution in [0, 0.1) is 12.3 Å². The summed E-state index contributed by atoms with van der Waals surface area (Å²) in [5.41, 5.74) is 5.16. The third-order valence-electron chi connectivity index (χ3n) is 1.71. The van der Waals surface area contributed by atoms with Gasteiger partial charge in [0.1, 0.15) is 6.04 Å². The summed E-state index contributed by atoms with van der Waals surface area (Å²) in [6.07, 6.45) is 4.65. The minimum absolute atomic E-state index is 0.101. The van der Waals surface area contributed by atoms with Gasteiger partial charge in [0.2, 0.25) is 5.91 Å². The molecule has 0 heterocycles. The van der Waals surface area contributed by atoms with Crippen LogP contribution in [0.25, 0.3) is 0 Å². The molecule has 0 aliphatic heterocycles. The van der Waals surface area contributed by atoms with Crippen molar-refractivity contribution in [3.05, 3.63) is 0 Å². The summed E-state index contributed by atoms with van der Waals surface area (Å²) in [7, 11) is 0. The monoisotopic (exact) mass is 242 g/mol. The molecule has 0 aromatic carbocycles. The number of carbonyl (C=O) groups is 3. The highest BCUT2D eigenvalue weighted by Crippen LogP contribution is 1.92. The van der Waals surface area contributed by atoms with Crippen molar-refractivity contribution in [1.29, 1.82) is 0 Å². The molecule has 0 rings (SSSR count). The number of aliphatic carboxylic acids is 1. The fourth-order valence-corrected chi connectivity index (χ4v) is 0.809. The Labute approximate surface area is 98.3 Å². The lowest BCUT2D eigenvalue weighted by Crippen LogP contribution is -2.42. The summed E-state index contributed by atoms with van der Waals surface area (Å²) in [4.78, 5) is 32.4. The summed E-state index contributed by atoms with van der Waals surface area (Å²) in [5, 5.41) is 10.7. The van der Waals surface area contributed by atoms with Gasteiger partial charge in [0.15, 0.2) is 6.61 Å². The Kier molecular flexibility index (Phi) is 7.14. The highest BCUT2D eigenvalue weighted by Gasteiger charge is 2.13. The first-order valence-corrected chi connectivity index (χ1v) is 4.81. The molecule has 7 heteroatoms. The highest BCUT2D eigenvalue weighted by molar-refractivity contribution is 5.82. The lowest BCUT2D eigenvalue weighted by atomic mass is 10.2. The van der Waals surface area contributed by atoms with Crippen LogP contribution in [-0.2, 0) is 19.1 Å². The lowest BCUT2D eigenvalue weighted by molar-refractivity contribution is -0.144. The van der Waals surface area contributed by atoms with Crippen LogP contribution in [-0.4, -0.2) is 42.1 Å². The predicted octanol–water partition coefficient (Wildman–Crippen LogP) is -1.53. The van der Waals surface area contributed by atoms with Gasteiger partial charge in [0.25, 0.3) is 0 Å². The Balaban J connectivity index is 3.70. The van der Waals surface area contributed by atoms with Crippen molar-refractivity contribution in [2.24, 2.45) is 5.73 Å². The second kappa shape index (κ2) is 8.13. The molecule has 0 radical (unpaired) electrons. The second-order valence-electron chi connectivity index (χ2n) is 3.11. The van der Waals surface area contributed by atoms with Gasteiger partial charge in [0, 0.05) is 13.0 Å². The Bertz CT molecular complexity index is 334. The van der Waals surface area contributed by atoms with E-state index in [1.165, 1.54) is 0 Å². The van der Waals surface area contributed by atoms with Crippen LogP contribution in [0.4, 0.5) is 0 Å². The molecule has 4 N–H and O–H groups in total. The molecule has 0 aromatic rings. The minimum Gasteiger partial charge on any atom is -0.480 e. The largest absolute Gasteiger partial charge is 0.480 e. The van der Waals surface area contributed by atoms with Crippen molar-refractivity contribution in [3.63, 3.8) is 0 Å². The molecule has 0 unspecified atom stereocenters. The van der Waals surface area contributed by atoms with Crippen LogP contribution < -0.4 is 11.1 Å². The first-order chi connectivity index (χ1) is 7.97. The quantitative estimate of drug-likeness (QED) is 0.368. The number of carboxylic acids is 1. The van der Waals surface area contributed by atoms with Crippen molar-refractivity contribution in [1.82, 2.24) is 5.32 Å². The summed E-state index contributed by atoms with van der Waals surface area (Å²) in [6.45, 7) is -0.322. The van der Waals surface area contributed by atoms with Gasteiger partial charge in [-0.3, -0.25) is 14.4 Å². The van der Waals surface area contributed by atoms with E-state index in [-0.39, 0.29) is 26.0 Å². The number of hydrogen-bond donors (Lipinski definition) is 3. The third kappa shape index (κ3) is 7.81. The van der Waals surface area contributed by atoms with Gasteiger partial charge in [-0.1, -0.05) is 5.92 Å². The fourth-order valence-electron chi connectivity index (χ4n) is 0.809. The van der Waals surface area contributed by atoms with Gasteiger partial charge in [-0.2, -0.15) is 0 Å². The number of hydrogen-bond acceptors (Lipinski definition) is 5. The number of nitrogens with one attached hydrogen (secondary N) is 1. The van der Waals surface area contributed by atoms with Gasteiger partial charge >= 0.3 is 11.9 Å². The molecule has 1 atom stereocenters. The summed E-state index contributed by atoms with van der Waals surface area (Å²) in [6, 6.07) is -1.16. The number of terminal acetylenes is 1. The number of ether oxygens (including phenoxy) is 1. The van der Waals surface area contributed by atoms with Crippen molar-refractivity contribution < 1.29 is 24.2 Å². The molecule has 0 saturated carbocycles. The maximum absolute atomic E-state index is 11.1. The van der Waals surface area contributed by atoms with Crippen LogP contribution in [0.2, 0.25) is 0 Å². The smallest absolute Gasteiger partial charge is 0.322 e. The van der Waals surface area contributed by atoms with Crippen LogP contribution in [0.15, 0.2) is 0 Å². The SMILES string of the molecule is C#CCOC(=O)CCC(=O)NC[C@H](N)C(=O)O. The summed E-state index contributed by atoms with van der Waals surface area (Å²) in [5.74, 6) is -0.152. The van der Waals surface area contributed by atoms with Gasteiger partial charge in [-0.05, 0) is 0 Å². The zero-order valence-electron chi connectivity index (χ0n) is 9.14. The van der Waals surface area contributed by atoms with E-state index in [0.717, 1.165) is 0 Å². The van der Waals surface area contributed by atoms with E-state index >= 15 is 0 Å². The highest BCUT2D eigenvalue weighted by atomic mass is 16.5. The van der Waals surface area contributed by atoms with Crippen LogP contribution >= 0.6 is 0 Å². The minimum atomic E-state index is -1.21. The maximum Gasteiger partial charge on any atom is 0.322 e. The van der Waals surface area contributed by atoms with Gasteiger partial charge in [0.05, 0.1) is 6.42 Å². The molecule has 0 fully saturated rings. The van der Waals surface area contributed by atoms with E-state index in [1.807, 2.05) is 0 Å². The number of amides is 1. The number of esters is 1. The molecule has 0 saturated heterocycles. The number of nitrogens with two attached hydrogens (primary N) is 1. The standard InChI is InChI=1S/C10H14N2O5/c1-2-5-17-9(14)4-3-8(13)12-6-7(11)10(15)16/h1,7H,3-6,11H2,(H,12,13)(H,15,16)/t7-/m0/s1. The van der Waals surface area contributed by atoms with Crippen molar-refractivity contribution in [2.75, 3.05) is 13.2 Å². The second-order valence-corrected chi connectivity index (χ2v) is 3.11. The number of carboxylic acid groups (broad SMARTS) is 1. The van der Waals surface area contributed by atoms with Crippen molar-refractivity contribution in [3.8, 4) is 12.3 Å². The maximum atomic E-state index is 11.1. The molecular formula is C10H14N2O5. The Morgan fingerprint density at radius 2 is 2.06 bits per heavy atom. The molecule has 0 spiro atoms. The number of rotatable bonds is 7. The average molecular weight is 242 g/mol. The fraction of sp³-hybridized carbons (Fsp3) is 0.500. The molecule has 0 bridgehead atoms. The van der Waals surface area contributed by atoms with E-state index in [9.17, 15) is 14.4 Å². The normalized spacial score (nSPS) is 11.1. The van der Waals surface area contributed by atoms with Crippen molar-refractivity contribution >= 4 is 17.8 Å². The summed E-state index contributed by atoms with van der Waals surface area (Å²) < 4.78 is 4.53. The average Bonchev–Trinajstić information content (AvgIpc) is 2.30. The lowest BCUT2D eigenvalue weighted by Gasteiger charge is -2.08. The van der Waals surface area contributed by atoms with Crippen LogP contribution in [0.5, 0.6) is 0 Å². The van der Waals surface area contributed by atoms with E-state index in [0.29, 0.717) is 0 Å². The topological polar surface area (TPSA) is 119 Å². The Hall–Kier alpha value is -2.07. The zero-order chi connectivity index (χ0) is 13.3. The predicted molar refractivity (Wildman–Crippen MR) is 57.6 cm³/mol. The molecule has 0 aliphatic carbocycles. The van der Waals surface area contributed by atoms with E-state index in [1.54, 1.807) is 0 Å². The first-order valence-electron chi connectivity index (χ1n) is 4.81. The van der Waals surface area contributed by atoms with E-state index in [4.69, 9.17) is 17.3 Å². The Morgan fingerprint density at radius 1 is 1.41 bits per heavy atom. The Morgan fingerprint density at radius 3 is 2.59 bits per heavy atom. The summed E-state index contributed by atoms with van der Waals surface area (Å²) >= 11 is 0. The van der Waals surface area contributed by atoms with Crippen LogP contribution in [0.3, 0.4) is 0 Å². The van der Waals surface area contributed by atoms with Gasteiger partial charge in [-0.15, -0.1) is 6.42 Å². The molecule has 0 aromatic heterocycles. The van der Waals surface area contributed by atoms with Crippen molar-refractivity contribution in [2.45, 2.75) is 18.9 Å². The van der Waals surface area contributed by atoms with Gasteiger partial charge < -0.3 is 20.9 Å². The first kappa shape index (κ1) is 14.9. The number of carbonyl (C=O) groups excluding carboxylic acids is 2. The van der Waals surface area contributed by atoms with E-state index < -0.39 is 23.9 Å². The molecule has 7 nitrogen and oxygen atoms in total. The molecule has 94 valence electrons. The zero-order valence-corrected chi connectivity index (χ0v) is 9.14. The molecule has 1 amide bonds. The van der Waals surface area contributed by atoms with E-state index in [2.05, 4.69) is 16.0 Å². The third-order valence-corrected chi connectivity index (χ3v) is 1.71. The molecule has 0 aliphatic rings.